The molecule has 1 aliphatic heterocycles. The Balaban J connectivity index is 1.69. The van der Waals surface area contributed by atoms with Gasteiger partial charge in [-0.25, -0.2) is 0 Å². The highest BCUT2D eigenvalue weighted by Gasteiger charge is 2.26. The molecule has 8 heteroatoms. The van der Waals surface area contributed by atoms with Crippen LogP contribution in [0.4, 0.5) is 0 Å². The zero-order valence-electron chi connectivity index (χ0n) is 11.9. The summed E-state index contributed by atoms with van der Waals surface area (Å²) in [4.78, 5) is 28.1. The van der Waals surface area contributed by atoms with Gasteiger partial charge in [-0.05, 0) is 6.07 Å². The number of hydrogen-bond acceptors (Lipinski definition) is 5. The highest BCUT2D eigenvalue weighted by atomic mass is 16.6. The van der Waals surface area contributed by atoms with Crippen LogP contribution in [0.3, 0.4) is 0 Å². The maximum atomic E-state index is 12.3. The number of nitrogens with one attached hydrogen (secondary N) is 1. The van der Waals surface area contributed by atoms with Crippen LogP contribution in [0.1, 0.15) is 16.9 Å². The van der Waals surface area contributed by atoms with Crippen molar-refractivity contribution in [1.29, 1.82) is 0 Å². The molecule has 8 nitrogen and oxygen atoms in total. The SMILES string of the molecule is Cn1nc(C(=O)NCC2=NOC(C(N)=O)C2)c2ccccc21. The maximum absolute atomic E-state index is 12.3. The summed E-state index contributed by atoms with van der Waals surface area (Å²) in [6.45, 7) is 0.188. The molecule has 0 saturated heterocycles. The summed E-state index contributed by atoms with van der Waals surface area (Å²) < 4.78 is 1.66. The Morgan fingerprint density at radius 3 is 2.95 bits per heavy atom. The number of nitrogens with zero attached hydrogens (tertiary/aromatic N) is 3. The van der Waals surface area contributed by atoms with E-state index < -0.39 is 12.0 Å². The largest absolute Gasteiger partial charge is 0.382 e. The first kappa shape index (κ1) is 14.1. The van der Waals surface area contributed by atoms with E-state index >= 15 is 0 Å². The van der Waals surface area contributed by atoms with E-state index in [0.717, 1.165) is 10.9 Å². The summed E-state index contributed by atoms with van der Waals surface area (Å²) in [7, 11) is 1.78. The number of rotatable bonds is 4. The summed E-state index contributed by atoms with van der Waals surface area (Å²) in [6.07, 6.45) is -0.457. The van der Waals surface area contributed by atoms with E-state index in [1.807, 2.05) is 24.3 Å². The maximum Gasteiger partial charge on any atom is 0.272 e. The number of carbonyl (C=O) groups excluding carboxylic acids is 2. The Hall–Kier alpha value is -2.90. The van der Waals surface area contributed by atoms with Gasteiger partial charge in [-0.1, -0.05) is 23.4 Å². The van der Waals surface area contributed by atoms with Crippen molar-refractivity contribution in [2.75, 3.05) is 6.54 Å². The zero-order valence-corrected chi connectivity index (χ0v) is 11.9. The van der Waals surface area contributed by atoms with Crippen molar-refractivity contribution in [3.8, 4) is 0 Å². The zero-order chi connectivity index (χ0) is 15.7. The minimum Gasteiger partial charge on any atom is -0.382 e. The van der Waals surface area contributed by atoms with Crippen molar-refractivity contribution in [2.24, 2.45) is 17.9 Å². The molecule has 0 spiro atoms. The lowest BCUT2D eigenvalue weighted by atomic mass is 10.1. The molecular weight excluding hydrogens is 286 g/mol. The molecule has 2 aromatic rings. The molecule has 3 rings (SSSR count). The molecule has 114 valence electrons. The number of primary amides is 1. The van der Waals surface area contributed by atoms with Gasteiger partial charge in [0.05, 0.1) is 17.8 Å². The van der Waals surface area contributed by atoms with Gasteiger partial charge in [-0.15, -0.1) is 0 Å². The van der Waals surface area contributed by atoms with Crippen LogP contribution in [-0.2, 0) is 16.7 Å². The molecule has 0 saturated carbocycles. The minimum atomic E-state index is -0.748. The number of para-hydroxylation sites is 1. The Morgan fingerprint density at radius 1 is 1.45 bits per heavy atom. The topological polar surface area (TPSA) is 112 Å². The fraction of sp³-hybridized carbons (Fsp3) is 0.286. The molecule has 1 aromatic carbocycles. The summed E-state index contributed by atoms with van der Waals surface area (Å²) >= 11 is 0. The van der Waals surface area contributed by atoms with E-state index in [1.165, 1.54) is 0 Å². The number of aromatic nitrogens is 2. The summed E-state index contributed by atoms with van der Waals surface area (Å²) in [5, 5.41) is 11.5. The average molecular weight is 301 g/mol. The average Bonchev–Trinajstić information content (AvgIpc) is 3.11. The highest BCUT2D eigenvalue weighted by Crippen LogP contribution is 2.17. The third-order valence-electron chi connectivity index (χ3n) is 3.47. The van der Waals surface area contributed by atoms with Crippen molar-refractivity contribution in [1.82, 2.24) is 15.1 Å². The first-order chi connectivity index (χ1) is 10.6. The fourth-order valence-corrected chi connectivity index (χ4v) is 2.33. The van der Waals surface area contributed by atoms with Gasteiger partial charge < -0.3 is 15.9 Å². The molecule has 1 aromatic heterocycles. The van der Waals surface area contributed by atoms with Crippen molar-refractivity contribution in [3.05, 3.63) is 30.0 Å². The van der Waals surface area contributed by atoms with E-state index in [0.29, 0.717) is 17.8 Å². The Kier molecular flexibility index (Phi) is 3.50. The van der Waals surface area contributed by atoms with E-state index in [1.54, 1.807) is 11.7 Å². The normalized spacial score (nSPS) is 17.1. The smallest absolute Gasteiger partial charge is 0.272 e. The van der Waals surface area contributed by atoms with Crippen LogP contribution < -0.4 is 11.1 Å². The van der Waals surface area contributed by atoms with Crippen LogP contribution in [-0.4, -0.2) is 40.0 Å². The molecule has 0 bridgehead atoms. The number of carbonyl (C=O) groups is 2. The molecule has 1 atom stereocenters. The van der Waals surface area contributed by atoms with Crippen molar-refractivity contribution in [2.45, 2.75) is 12.5 Å². The third kappa shape index (κ3) is 2.50. The standard InChI is InChI=1S/C14H15N5O3/c1-19-10-5-3-2-4-9(10)12(17-19)14(21)16-7-8-6-11(13(15)20)22-18-8/h2-5,11H,6-7H2,1H3,(H2,15,20)(H,16,21). The number of nitrogens with two attached hydrogens (primary N) is 1. The summed E-state index contributed by atoms with van der Waals surface area (Å²) in [6, 6.07) is 7.48. The molecule has 0 aliphatic carbocycles. The van der Waals surface area contributed by atoms with E-state index in [9.17, 15) is 9.59 Å². The van der Waals surface area contributed by atoms with E-state index in [2.05, 4.69) is 15.6 Å². The van der Waals surface area contributed by atoms with Gasteiger partial charge in [-0.3, -0.25) is 14.3 Å². The van der Waals surface area contributed by atoms with Crippen LogP contribution in [0.15, 0.2) is 29.4 Å². The molecule has 3 N–H and O–H groups in total. The minimum absolute atomic E-state index is 0.188. The van der Waals surface area contributed by atoms with Crippen molar-refractivity contribution >= 4 is 28.4 Å². The molecule has 2 heterocycles. The Bertz CT molecular complexity index is 780. The number of benzene rings is 1. The third-order valence-corrected chi connectivity index (χ3v) is 3.47. The van der Waals surface area contributed by atoms with Crippen molar-refractivity contribution < 1.29 is 14.4 Å². The second-order valence-electron chi connectivity index (χ2n) is 5.03. The Labute approximate surface area is 125 Å². The van der Waals surface area contributed by atoms with Gasteiger partial charge in [0.25, 0.3) is 11.8 Å². The van der Waals surface area contributed by atoms with Gasteiger partial charge in [0.1, 0.15) is 0 Å². The number of aryl methyl sites for hydroxylation is 1. The summed E-state index contributed by atoms with van der Waals surface area (Å²) in [5.41, 5.74) is 6.93. The molecule has 2 amide bonds. The predicted molar refractivity (Wildman–Crippen MR) is 79.2 cm³/mol. The van der Waals surface area contributed by atoms with Crippen LogP contribution in [0.25, 0.3) is 10.9 Å². The lowest BCUT2D eigenvalue weighted by Gasteiger charge is -2.03. The van der Waals surface area contributed by atoms with Gasteiger partial charge >= 0.3 is 0 Å². The molecule has 1 unspecified atom stereocenters. The second kappa shape index (κ2) is 5.47. The molecule has 0 fully saturated rings. The van der Waals surface area contributed by atoms with Crippen LogP contribution >= 0.6 is 0 Å². The van der Waals surface area contributed by atoms with E-state index in [-0.39, 0.29) is 12.5 Å². The molecular formula is C14H15N5O3. The first-order valence-electron chi connectivity index (χ1n) is 6.77. The quantitative estimate of drug-likeness (QED) is 0.823. The molecule has 1 aliphatic rings. The van der Waals surface area contributed by atoms with Gasteiger partial charge in [0.15, 0.2) is 5.69 Å². The summed E-state index contributed by atoms with van der Waals surface area (Å²) in [5.74, 6) is -0.872. The second-order valence-corrected chi connectivity index (χ2v) is 5.03. The number of hydrogen-bond donors (Lipinski definition) is 2. The number of fused-ring (bicyclic) bond motifs is 1. The van der Waals surface area contributed by atoms with Crippen molar-refractivity contribution in [3.63, 3.8) is 0 Å². The van der Waals surface area contributed by atoms with E-state index in [4.69, 9.17) is 10.6 Å². The van der Waals surface area contributed by atoms with Crippen LogP contribution in [0.2, 0.25) is 0 Å². The number of oxime groups is 1. The van der Waals surface area contributed by atoms with Gasteiger partial charge in [-0.2, -0.15) is 5.10 Å². The lowest BCUT2D eigenvalue weighted by molar-refractivity contribution is -0.127. The first-order valence-corrected chi connectivity index (χ1v) is 6.77. The molecule has 22 heavy (non-hydrogen) atoms. The monoisotopic (exact) mass is 301 g/mol. The predicted octanol–water partition coefficient (Wildman–Crippen LogP) is -0.0667. The number of amides is 2. The Morgan fingerprint density at radius 2 is 2.23 bits per heavy atom. The van der Waals surface area contributed by atoms with Crippen LogP contribution in [0.5, 0.6) is 0 Å². The molecule has 0 radical (unpaired) electrons. The van der Waals surface area contributed by atoms with Crippen LogP contribution in [0, 0.1) is 0 Å². The lowest BCUT2D eigenvalue weighted by Crippen LogP contribution is -2.32. The van der Waals surface area contributed by atoms with Gasteiger partial charge in [0, 0.05) is 18.9 Å². The van der Waals surface area contributed by atoms with Gasteiger partial charge in [0.2, 0.25) is 6.10 Å². The highest BCUT2D eigenvalue weighted by molar-refractivity contribution is 6.06. The fourth-order valence-electron chi connectivity index (χ4n) is 2.33.